The third kappa shape index (κ3) is 1.84. The van der Waals surface area contributed by atoms with Crippen LogP contribution in [0.5, 0.6) is 11.5 Å². The Morgan fingerprint density at radius 2 is 1.94 bits per heavy atom. The molecule has 0 amide bonds. The minimum absolute atomic E-state index is 0.523. The van der Waals surface area contributed by atoms with E-state index in [4.69, 9.17) is 21.1 Å². The molecule has 0 saturated carbocycles. The molecule has 0 aliphatic heterocycles. The van der Waals surface area contributed by atoms with E-state index in [1.165, 1.54) is 0 Å². The van der Waals surface area contributed by atoms with E-state index in [1.54, 1.807) is 38.7 Å². The summed E-state index contributed by atoms with van der Waals surface area (Å²) in [6, 6.07) is 3.50. The van der Waals surface area contributed by atoms with Crippen LogP contribution in [0.25, 0.3) is 11.4 Å². The molecule has 0 aliphatic rings. The first-order valence-electron chi connectivity index (χ1n) is 4.67. The summed E-state index contributed by atoms with van der Waals surface area (Å²) in [6.07, 6.45) is 3.42. The fraction of sp³-hybridized carbons (Fsp3) is 0.182. The molecule has 0 spiro atoms. The zero-order valence-corrected chi connectivity index (χ0v) is 9.71. The molecule has 0 bridgehead atoms. The van der Waals surface area contributed by atoms with Gasteiger partial charge in [-0.1, -0.05) is 11.6 Å². The Balaban J connectivity index is 2.57. The third-order valence-corrected chi connectivity index (χ3v) is 2.52. The van der Waals surface area contributed by atoms with Crippen molar-refractivity contribution in [3.05, 3.63) is 29.5 Å². The second kappa shape index (κ2) is 4.45. The van der Waals surface area contributed by atoms with Crippen molar-refractivity contribution in [2.75, 3.05) is 14.2 Å². The first kappa shape index (κ1) is 10.8. The lowest BCUT2D eigenvalue weighted by Crippen LogP contribution is -1.92. The molecule has 0 radical (unpaired) electrons. The Hall–Kier alpha value is -1.68. The lowest BCUT2D eigenvalue weighted by Gasteiger charge is -2.10. The number of H-pyrrole nitrogens is 1. The molecule has 1 aromatic heterocycles. The van der Waals surface area contributed by atoms with Crippen molar-refractivity contribution in [2.24, 2.45) is 0 Å². The highest BCUT2D eigenvalue weighted by Crippen LogP contribution is 2.36. The van der Waals surface area contributed by atoms with Gasteiger partial charge in [0.15, 0.2) is 0 Å². The van der Waals surface area contributed by atoms with Crippen molar-refractivity contribution in [1.82, 2.24) is 9.97 Å². The summed E-state index contributed by atoms with van der Waals surface area (Å²) in [5.74, 6) is 1.95. The number of benzene rings is 1. The summed E-state index contributed by atoms with van der Waals surface area (Å²) < 4.78 is 10.4. The van der Waals surface area contributed by atoms with E-state index in [1.807, 2.05) is 0 Å². The van der Waals surface area contributed by atoms with Gasteiger partial charge in [-0.3, -0.25) is 0 Å². The van der Waals surface area contributed by atoms with Gasteiger partial charge in [-0.25, -0.2) is 4.98 Å². The minimum atomic E-state index is 0.523. The van der Waals surface area contributed by atoms with Gasteiger partial charge in [-0.05, 0) is 6.07 Å². The van der Waals surface area contributed by atoms with Gasteiger partial charge in [0.05, 0.1) is 24.8 Å². The SMILES string of the molecule is COc1cc(OC)c(-c2ncc[nH]2)cc1Cl. The van der Waals surface area contributed by atoms with Crippen LogP contribution in [0.4, 0.5) is 0 Å². The van der Waals surface area contributed by atoms with E-state index >= 15 is 0 Å². The second-order valence-corrected chi connectivity index (χ2v) is 3.53. The minimum Gasteiger partial charge on any atom is -0.496 e. The van der Waals surface area contributed by atoms with Crippen LogP contribution in [-0.4, -0.2) is 24.2 Å². The molecule has 1 aromatic carbocycles. The van der Waals surface area contributed by atoms with Crippen LogP contribution in [-0.2, 0) is 0 Å². The molecule has 0 unspecified atom stereocenters. The predicted octanol–water partition coefficient (Wildman–Crippen LogP) is 2.75. The fourth-order valence-electron chi connectivity index (χ4n) is 1.46. The summed E-state index contributed by atoms with van der Waals surface area (Å²) >= 11 is 6.05. The first-order chi connectivity index (χ1) is 7.76. The van der Waals surface area contributed by atoms with Gasteiger partial charge >= 0.3 is 0 Å². The molecule has 84 valence electrons. The van der Waals surface area contributed by atoms with E-state index in [0.29, 0.717) is 22.3 Å². The Labute approximate surface area is 98.2 Å². The zero-order valence-electron chi connectivity index (χ0n) is 8.95. The summed E-state index contributed by atoms with van der Waals surface area (Å²) in [4.78, 5) is 7.16. The normalized spacial score (nSPS) is 10.2. The maximum atomic E-state index is 6.05. The number of hydrogen-bond donors (Lipinski definition) is 1. The van der Waals surface area contributed by atoms with Crippen molar-refractivity contribution in [2.45, 2.75) is 0 Å². The Morgan fingerprint density at radius 3 is 2.50 bits per heavy atom. The van der Waals surface area contributed by atoms with Crippen LogP contribution < -0.4 is 9.47 Å². The molecule has 5 heteroatoms. The van der Waals surface area contributed by atoms with Gasteiger partial charge in [-0.15, -0.1) is 0 Å². The summed E-state index contributed by atoms with van der Waals surface area (Å²) in [5.41, 5.74) is 0.804. The maximum Gasteiger partial charge on any atom is 0.141 e. The Morgan fingerprint density at radius 1 is 1.19 bits per heavy atom. The van der Waals surface area contributed by atoms with Crippen LogP contribution in [0.15, 0.2) is 24.5 Å². The monoisotopic (exact) mass is 238 g/mol. The number of aromatic nitrogens is 2. The molecule has 1 heterocycles. The molecule has 0 saturated heterocycles. The summed E-state index contributed by atoms with van der Waals surface area (Å²) in [6.45, 7) is 0. The summed E-state index contributed by atoms with van der Waals surface area (Å²) in [5, 5.41) is 0.523. The van der Waals surface area contributed by atoms with E-state index < -0.39 is 0 Å². The van der Waals surface area contributed by atoms with E-state index in [0.717, 1.165) is 5.56 Å². The van der Waals surface area contributed by atoms with Crippen molar-refractivity contribution in [3.63, 3.8) is 0 Å². The van der Waals surface area contributed by atoms with Crippen molar-refractivity contribution in [3.8, 4) is 22.9 Å². The molecule has 2 aromatic rings. The van der Waals surface area contributed by atoms with Crippen molar-refractivity contribution >= 4 is 11.6 Å². The first-order valence-corrected chi connectivity index (χ1v) is 5.05. The number of methoxy groups -OCH3 is 2. The lowest BCUT2D eigenvalue weighted by molar-refractivity contribution is 0.395. The van der Waals surface area contributed by atoms with Gasteiger partial charge in [0.2, 0.25) is 0 Å². The van der Waals surface area contributed by atoms with Crippen LogP contribution in [0, 0.1) is 0 Å². The lowest BCUT2D eigenvalue weighted by atomic mass is 10.2. The standard InChI is InChI=1S/C11H11ClN2O2/c1-15-9-6-10(16-2)8(12)5-7(9)11-13-3-4-14-11/h3-6H,1-2H3,(H,13,14). The van der Waals surface area contributed by atoms with Crippen LogP contribution in [0.2, 0.25) is 5.02 Å². The number of aromatic amines is 1. The molecular formula is C11H11ClN2O2. The van der Waals surface area contributed by atoms with Gasteiger partial charge < -0.3 is 14.5 Å². The molecule has 4 nitrogen and oxygen atoms in total. The average Bonchev–Trinajstić information content (AvgIpc) is 2.82. The third-order valence-electron chi connectivity index (χ3n) is 2.23. The van der Waals surface area contributed by atoms with Gasteiger partial charge in [0.1, 0.15) is 17.3 Å². The van der Waals surface area contributed by atoms with Gasteiger partial charge in [-0.2, -0.15) is 0 Å². The van der Waals surface area contributed by atoms with Crippen molar-refractivity contribution < 1.29 is 9.47 Å². The number of halogens is 1. The maximum absolute atomic E-state index is 6.05. The van der Waals surface area contributed by atoms with Crippen LogP contribution in [0.1, 0.15) is 0 Å². The summed E-state index contributed by atoms with van der Waals surface area (Å²) in [7, 11) is 3.16. The highest BCUT2D eigenvalue weighted by Gasteiger charge is 2.12. The molecule has 16 heavy (non-hydrogen) atoms. The molecule has 2 rings (SSSR count). The highest BCUT2D eigenvalue weighted by atomic mass is 35.5. The van der Waals surface area contributed by atoms with E-state index in [2.05, 4.69) is 9.97 Å². The molecular weight excluding hydrogens is 228 g/mol. The average molecular weight is 239 g/mol. The number of ether oxygens (including phenoxy) is 2. The van der Waals surface area contributed by atoms with Gasteiger partial charge in [0, 0.05) is 18.5 Å². The molecule has 1 N–H and O–H groups in total. The number of nitrogens with one attached hydrogen (secondary N) is 1. The number of rotatable bonds is 3. The van der Waals surface area contributed by atoms with Crippen molar-refractivity contribution in [1.29, 1.82) is 0 Å². The van der Waals surface area contributed by atoms with Crippen LogP contribution >= 0.6 is 11.6 Å². The predicted molar refractivity (Wildman–Crippen MR) is 62.1 cm³/mol. The van der Waals surface area contributed by atoms with E-state index in [9.17, 15) is 0 Å². The molecule has 0 atom stereocenters. The fourth-order valence-corrected chi connectivity index (χ4v) is 1.70. The van der Waals surface area contributed by atoms with Crippen LogP contribution in [0.3, 0.4) is 0 Å². The Kier molecular flexibility index (Phi) is 3.01. The number of nitrogens with zero attached hydrogens (tertiary/aromatic N) is 1. The number of hydrogen-bond acceptors (Lipinski definition) is 3. The topological polar surface area (TPSA) is 47.1 Å². The highest BCUT2D eigenvalue weighted by molar-refractivity contribution is 6.32. The zero-order chi connectivity index (χ0) is 11.5. The van der Waals surface area contributed by atoms with E-state index in [-0.39, 0.29) is 0 Å². The quantitative estimate of drug-likeness (QED) is 0.895. The Bertz CT molecular complexity index is 483. The van der Waals surface area contributed by atoms with Gasteiger partial charge in [0.25, 0.3) is 0 Å². The molecule has 0 fully saturated rings. The number of imidazole rings is 1. The second-order valence-electron chi connectivity index (χ2n) is 3.12. The smallest absolute Gasteiger partial charge is 0.141 e. The molecule has 0 aliphatic carbocycles. The largest absolute Gasteiger partial charge is 0.496 e.